The number of hydrogen-bond acceptors (Lipinski definition) is 4. The quantitative estimate of drug-likeness (QED) is 0.879. The zero-order chi connectivity index (χ0) is 14.8. The second-order valence-electron chi connectivity index (χ2n) is 4.45. The average Bonchev–Trinajstić information content (AvgIpc) is 2.74. The second kappa shape index (κ2) is 6.03. The maximum atomic E-state index is 11.2. The predicted molar refractivity (Wildman–Crippen MR) is 86.3 cm³/mol. The molecule has 0 saturated heterocycles. The van der Waals surface area contributed by atoms with Crippen molar-refractivity contribution in [3.8, 4) is 0 Å². The van der Waals surface area contributed by atoms with Crippen LogP contribution in [0.5, 0.6) is 0 Å². The van der Waals surface area contributed by atoms with Crippen molar-refractivity contribution in [2.24, 2.45) is 0 Å². The van der Waals surface area contributed by atoms with Gasteiger partial charge in [-0.2, -0.15) is 0 Å². The Balaban J connectivity index is 2.15. The lowest BCUT2D eigenvalue weighted by atomic mass is 10.2. The molecule has 1 heterocycles. The molecule has 0 aliphatic carbocycles. The summed E-state index contributed by atoms with van der Waals surface area (Å²) in [5.41, 5.74) is 2.42. The Morgan fingerprint density at radius 2 is 2.05 bits per heavy atom. The first-order valence-electron chi connectivity index (χ1n) is 5.89. The second-order valence-corrected chi connectivity index (χ2v) is 7.61. The summed E-state index contributed by atoms with van der Waals surface area (Å²) in [6.07, 6.45) is 1.11. The van der Waals surface area contributed by atoms with Crippen molar-refractivity contribution in [1.29, 1.82) is 0 Å². The molecule has 0 saturated carbocycles. The standard InChI is InChI=1S/C13H15ClN2O2S2/c1-9-5-6-19-13(9)8-15-12-7-10(3-4-11(12)14)16-20(2,17)18/h3-7,15-16H,8H2,1-2H3. The van der Waals surface area contributed by atoms with E-state index in [0.29, 0.717) is 22.9 Å². The summed E-state index contributed by atoms with van der Waals surface area (Å²) in [5.74, 6) is 0. The van der Waals surface area contributed by atoms with Crippen LogP contribution in [0.15, 0.2) is 29.6 Å². The van der Waals surface area contributed by atoms with Crippen LogP contribution < -0.4 is 10.0 Å². The Bertz CT molecular complexity index is 711. The Morgan fingerprint density at radius 3 is 2.65 bits per heavy atom. The van der Waals surface area contributed by atoms with Crippen LogP contribution in [0.1, 0.15) is 10.4 Å². The summed E-state index contributed by atoms with van der Waals surface area (Å²) in [4.78, 5) is 1.22. The van der Waals surface area contributed by atoms with Gasteiger partial charge in [0.05, 0.1) is 22.7 Å². The highest BCUT2D eigenvalue weighted by Gasteiger charge is 2.07. The molecule has 0 spiro atoms. The van der Waals surface area contributed by atoms with Crippen molar-refractivity contribution in [2.75, 3.05) is 16.3 Å². The summed E-state index contributed by atoms with van der Waals surface area (Å²) in [7, 11) is -3.29. The fraction of sp³-hybridized carbons (Fsp3) is 0.231. The molecule has 108 valence electrons. The van der Waals surface area contributed by atoms with Crippen LogP contribution in [0.25, 0.3) is 0 Å². The molecule has 0 atom stereocenters. The van der Waals surface area contributed by atoms with Crippen LogP contribution in [0.3, 0.4) is 0 Å². The van der Waals surface area contributed by atoms with Crippen molar-refractivity contribution in [1.82, 2.24) is 0 Å². The van der Waals surface area contributed by atoms with Crippen molar-refractivity contribution < 1.29 is 8.42 Å². The van der Waals surface area contributed by atoms with Gasteiger partial charge in [-0.05, 0) is 42.1 Å². The lowest BCUT2D eigenvalue weighted by Crippen LogP contribution is -2.10. The number of anilines is 2. The Labute approximate surface area is 127 Å². The Morgan fingerprint density at radius 1 is 1.30 bits per heavy atom. The SMILES string of the molecule is Cc1ccsc1CNc1cc(NS(C)(=O)=O)ccc1Cl. The monoisotopic (exact) mass is 330 g/mol. The third-order valence-electron chi connectivity index (χ3n) is 2.68. The Kier molecular flexibility index (Phi) is 4.57. The Hall–Kier alpha value is -1.24. The number of sulfonamides is 1. The first-order chi connectivity index (χ1) is 9.35. The number of rotatable bonds is 5. The maximum absolute atomic E-state index is 11.2. The summed E-state index contributed by atoms with van der Waals surface area (Å²) >= 11 is 7.78. The van der Waals surface area contributed by atoms with Gasteiger partial charge in [-0.3, -0.25) is 4.72 Å². The molecule has 4 nitrogen and oxygen atoms in total. The smallest absolute Gasteiger partial charge is 0.229 e. The van der Waals surface area contributed by atoms with Crippen LogP contribution in [0.2, 0.25) is 5.02 Å². The molecule has 0 bridgehead atoms. The van der Waals surface area contributed by atoms with Gasteiger partial charge < -0.3 is 5.32 Å². The minimum Gasteiger partial charge on any atom is -0.379 e. The highest BCUT2D eigenvalue weighted by Crippen LogP contribution is 2.27. The molecule has 0 fully saturated rings. The van der Waals surface area contributed by atoms with E-state index in [4.69, 9.17) is 11.6 Å². The van der Waals surface area contributed by atoms with Crippen molar-refractivity contribution >= 4 is 44.3 Å². The predicted octanol–water partition coefficient (Wildman–Crippen LogP) is 3.69. The number of benzene rings is 1. The van der Waals surface area contributed by atoms with E-state index in [9.17, 15) is 8.42 Å². The highest BCUT2D eigenvalue weighted by molar-refractivity contribution is 7.92. The summed E-state index contributed by atoms with van der Waals surface area (Å²) in [6, 6.07) is 7.04. The number of aryl methyl sites for hydroxylation is 1. The van der Waals surface area contributed by atoms with Crippen molar-refractivity contribution in [2.45, 2.75) is 13.5 Å². The molecular formula is C13H15ClN2O2S2. The zero-order valence-corrected chi connectivity index (χ0v) is 13.5. The molecule has 2 aromatic rings. The van der Waals surface area contributed by atoms with E-state index in [2.05, 4.69) is 23.0 Å². The van der Waals surface area contributed by atoms with Gasteiger partial charge in [-0.25, -0.2) is 8.42 Å². The lowest BCUT2D eigenvalue weighted by molar-refractivity contribution is 0.607. The van der Waals surface area contributed by atoms with E-state index < -0.39 is 10.0 Å². The zero-order valence-electron chi connectivity index (χ0n) is 11.1. The van der Waals surface area contributed by atoms with Gasteiger partial charge >= 0.3 is 0 Å². The van der Waals surface area contributed by atoms with Crippen molar-refractivity contribution in [3.05, 3.63) is 45.1 Å². The highest BCUT2D eigenvalue weighted by atomic mass is 35.5. The van der Waals surface area contributed by atoms with Gasteiger partial charge in [0.1, 0.15) is 0 Å². The molecule has 20 heavy (non-hydrogen) atoms. The fourth-order valence-electron chi connectivity index (χ4n) is 1.70. The number of hydrogen-bond donors (Lipinski definition) is 2. The summed E-state index contributed by atoms with van der Waals surface area (Å²) in [5, 5.41) is 5.82. The summed E-state index contributed by atoms with van der Waals surface area (Å²) < 4.78 is 24.9. The van der Waals surface area contributed by atoms with E-state index in [1.807, 2.05) is 5.38 Å². The van der Waals surface area contributed by atoms with Gasteiger partial charge in [0.15, 0.2) is 0 Å². The molecule has 1 aromatic carbocycles. The minimum absolute atomic E-state index is 0.488. The average molecular weight is 331 g/mol. The van der Waals surface area contributed by atoms with Gasteiger partial charge in [0.2, 0.25) is 10.0 Å². The third-order valence-corrected chi connectivity index (χ3v) is 4.64. The molecule has 2 rings (SSSR count). The maximum Gasteiger partial charge on any atom is 0.229 e. The first kappa shape index (κ1) is 15.2. The molecule has 0 aliphatic rings. The van der Waals surface area contributed by atoms with Gasteiger partial charge in [-0.1, -0.05) is 11.6 Å². The topological polar surface area (TPSA) is 58.2 Å². The molecule has 0 unspecified atom stereocenters. The van der Waals surface area contributed by atoms with Gasteiger partial charge in [0, 0.05) is 11.4 Å². The number of nitrogens with one attached hydrogen (secondary N) is 2. The minimum atomic E-state index is -3.29. The molecule has 2 N–H and O–H groups in total. The summed E-state index contributed by atoms with van der Waals surface area (Å²) in [6.45, 7) is 2.71. The van der Waals surface area contributed by atoms with E-state index in [0.717, 1.165) is 6.26 Å². The molecular weight excluding hydrogens is 316 g/mol. The molecule has 7 heteroatoms. The van der Waals surface area contributed by atoms with Crippen molar-refractivity contribution in [3.63, 3.8) is 0 Å². The number of halogens is 1. The van der Waals surface area contributed by atoms with Crippen LogP contribution in [-0.4, -0.2) is 14.7 Å². The largest absolute Gasteiger partial charge is 0.379 e. The molecule has 0 amide bonds. The van der Waals surface area contributed by atoms with Gasteiger partial charge in [0.25, 0.3) is 0 Å². The van der Waals surface area contributed by atoms with E-state index in [-0.39, 0.29) is 0 Å². The van der Waals surface area contributed by atoms with E-state index >= 15 is 0 Å². The normalized spacial score (nSPS) is 11.3. The van der Waals surface area contributed by atoms with E-state index in [1.165, 1.54) is 10.4 Å². The van der Waals surface area contributed by atoms with Gasteiger partial charge in [-0.15, -0.1) is 11.3 Å². The third kappa shape index (κ3) is 4.13. The molecule has 1 aromatic heterocycles. The van der Waals surface area contributed by atoms with Crippen LogP contribution in [0, 0.1) is 6.92 Å². The molecule has 0 radical (unpaired) electrons. The van der Waals surface area contributed by atoms with Crippen LogP contribution in [0.4, 0.5) is 11.4 Å². The molecule has 0 aliphatic heterocycles. The van der Waals surface area contributed by atoms with Crippen LogP contribution >= 0.6 is 22.9 Å². The van der Waals surface area contributed by atoms with E-state index in [1.54, 1.807) is 29.5 Å². The van der Waals surface area contributed by atoms with Crippen LogP contribution in [-0.2, 0) is 16.6 Å². The first-order valence-corrected chi connectivity index (χ1v) is 9.04. The lowest BCUT2D eigenvalue weighted by Gasteiger charge is -2.11. The number of thiophene rings is 1. The fourth-order valence-corrected chi connectivity index (χ4v) is 3.28.